The van der Waals surface area contributed by atoms with Crippen molar-refractivity contribution in [2.45, 2.75) is 6.92 Å². The Morgan fingerprint density at radius 1 is 0.800 bits per heavy atom. The van der Waals surface area contributed by atoms with Crippen LogP contribution in [-0.2, 0) is 0 Å². The number of Topliss-reactive ketones (excluding diaryl/α,β-unsaturated/α-hetero) is 2. The number of allylic oxidation sites excluding steroid dienone is 1. The van der Waals surface area contributed by atoms with Gasteiger partial charge in [0.2, 0.25) is 0 Å². The maximum Gasteiger partial charge on any atom is 0.197 e. The van der Waals surface area contributed by atoms with Crippen LogP contribution >= 0.6 is 23.2 Å². The van der Waals surface area contributed by atoms with Crippen LogP contribution in [0.5, 0.6) is 0 Å². The SMILES string of the molecule is Cc1ccc2c(c1)C(=O)/C(=C\c1cc3oc(-c4ccccc4)cc3n1-c1c(Cl)cccc1Cl)C2=O. The molecule has 1 aliphatic rings. The summed E-state index contributed by atoms with van der Waals surface area (Å²) in [6, 6.07) is 24.0. The molecule has 0 atom stereocenters. The first kappa shape index (κ1) is 21.7. The molecule has 0 amide bonds. The Morgan fingerprint density at radius 2 is 1.51 bits per heavy atom. The van der Waals surface area contributed by atoms with Crippen LogP contribution in [0.1, 0.15) is 32.0 Å². The maximum atomic E-state index is 13.2. The van der Waals surface area contributed by atoms with Crippen LogP contribution in [0.3, 0.4) is 0 Å². The molecule has 4 nitrogen and oxygen atoms in total. The van der Waals surface area contributed by atoms with Crippen LogP contribution in [0.2, 0.25) is 10.0 Å². The van der Waals surface area contributed by atoms with Crippen molar-refractivity contribution in [3.8, 4) is 17.0 Å². The van der Waals surface area contributed by atoms with Crippen LogP contribution in [0, 0.1) is 6.92 Å². The zero-order valence-corrected chi connectivity index (χ0v) is 20.0. The Kier molecular flexibility index (Phi) is 5.03. The van der Waals surface area contributed by atoms with E-state index in [1.165, 1.54) is 0 Å². The van der Waals surface area contributed by atoms with E-state index in [0.717, 1.165) is 16.6 Å². The van der Waals surface area contributed by atoms with E-state index in [9.17, 15) is 9.59 Å². The number of halogens is 2. The normalized spacial score (nSPS) is 14.3. The minimum Gasteiger partial charge on any atom is -0.454 e. The van der Waals surface area contributed by atoms with Gasteiger partial charge in [-0.05, 0) is 31.2 Å². The van der Waals surface area contributed by atoms with Crippen LogP contribution in [0.15, 0.2) is 88.9 Å². The smallest absolute Gasteiger partial charge is 0.197 e. The first-order chi connectivity index (χ1) is 16.9. The summed E-state index contributed by atoms with van der Waals surface area (Å²) in [7, 11) is 0. The molecule has 35 heavy (non-hydrogen) atoms. The molecule has 0 saturated heterocycles. The van der Waals surface area contributed by atoms with Gasteiger partial charge in [-0.3, -0.25) is 9.59 Å². The fraction of sp³-hybridized carbons (Fsp3) is 0.0345. The fourth-order valence-corrected chi connectivity index (χ4v) is 5.10. The van der Waals surface area contributed by atoms with Crippen LogP contribution in [0.4, 0.5) is 0 Å². The highest BCUT2D eigenvalue weighted by molar-refractivity contribution is 6.41. The molecule has 170 valence electrons. The van der Waals surface area contributed by atoms with Gasteiger partial charge in [0.05, 0.1) is 32.5 Å². The van der Waals surface area contributed by atoms with Crippen molar-refractivity contribution in [3.05, 3.63) is 117 Å². The number of aryl methyl sites for hydroxylation is 1. The van der Waals surface area contributed by atoms with Crippen molar-refractivity contribution in [2.24, 2.45) is 0 Å². The summed E-state index contributed by atoms with van der Waals surface area (Å²) >= 11 is 13.2. The topological polar surface area (TPSA) is 52.2 Å². The molecular weight excluding hydrogens is 481 g/mol. The molecule has 6 heteroatoms. The van der Waals surface area contributed by atoms with Crippen molar-refractivity contribution in [1.29, 1.82) is 0 Å². The number of hydrogen-bond donors (Lipinski definition) is 0. The first-order valence-electron chi connectivity index (χ1n) is 11.0. The Balaban J connectivity index is 1.59. The summed E-state index contributed by atoms with van der Waals surface area (Å²) in [6.45, 7) is 1.89. The lowest BCUT2D eigenvalue weighted by Gasteiger charge is -2.12. The van der Waals surface area contributed by atoms with Crippen LogP contribution < -0.4 is 0 Å². The van der Waals surface area contributed by atoms with E-state index in [-0.39, 0.29) is 17.1 Å². The second-order valence-electron chi connectivity index (χ2n) is 8.47. The van der Waals surface area contributed by atoms with E-state index in [2.05, 4.69) is 0 Å². The maximum absolute atomic E-state index is 13.2. The van der Waals surface area contributed by atoms with Gasteiger partial charge < -0.3 is 8.98 Å². The van der Waals surface area contributed by atoms with Gasteiger partial charge in [0.15, 0.2) is 17.1 Å². The van der Waals surface area contributed by atoms with Crippen LogP contribution in [-0.4, -0.2) is 16.1 Å². The molecule has 0 radical (unpaired) electrons. The van der Waals surface area contributed by atoms with Gasteiger partial charge in [0.25, 0.3) is 0 Å². The number of furan rings is 1. The highest BCUT2D eigenvalue weighted by atomic mass is 35.5. The second kappa shape index (κ2) is 8.12. The Bertz CT molecular complexity index is 1690. The molecule has 0 saturated carbocycles. The number of nitrogens with zero attached hydrogens (tertiary/aromatic N) is 1. The predicted octanol–water partition coefficient (Wildman–Crippen LogP) is 7.97. The third-order valence-corrected chi connectivity index (χ3v) is 6.79. The number of rotatable bonds is 3. The van der Waals surface area contributed by atoms with Gasteiger partial charge in [-0.15, -0.1) is 0 Å². The lowest BCUT2D eigenvalue weighted by molar-refractivity contribution is 0.0990. The number of carbonyl (C=O) groups is 2. The van der Waals surface area contributed by atoms with Gasteiger partial charge in [-0.25, -0.2) is 0 Å². The summed E-state index contributed by atoms with van der Waals surface area (Å²) in [4.78, 5) is 26.3. The second-order valence-corrected chi connectivity index (χ2v) is 9.28. The molecule has 0 unspecified atom stereocenters. The molecule has 0 fully saturated rings. The Labute approximate surface area is 211 Å². The zero-order valence-electron chi connectivity index (χ0n) is 18.5. The lowest BCUT2D eigenvalue weighted by Crippen LogP contribution is -2.03. The molecule has 0 bridgehead atoms. The van der Waals surface area contributed by atoms with Crippen molar-refractivity contribution in [1.82, 2.24) is 4.57 Å². The molecule has 6 rings (SSSR count). The lowest BCUT2D eigenvalue weighted by atomic mass is 10.1. The van der Waals surface area contributed by atoms with Gasteiger partial charge in [-0.2, -0.15) is 0 Å². The summed E-state index contributed by atoms with van der Waals surface area (Å²) < 4.78 is 8.00. The quantitative estimate of drug-likeness (QED) is 0.187. The predicted molar refractivity (Wildman–Crippen MR) is 139 cm³/mol. The van der Waals surface area contributed by atoms with Crippen LogP contribution in [0.25, 0.3) is 34.2 Å². The van der Waals surface area contributed by atoms with E-state index >= 15 is 0 Å². The fourth-order valence-electron chi connectivity index (χ4n) is 4.53. The number of hydrogen-bond acceptors (Lipinski definition) is 3. The number of benzene rings is 3. The Morgan fingerprint density at radius 3 is 2.26 bits per heavy atom. The third kappa shape index (κ3) is 3.45. The molecule has 0 aliphatic heterocycles. The molecule has 5 aromatic rings. The third-order valence-electron chi connectivity index (χ3n) is 6.18. The number of carbonyl (C=O) groups excluding carboxylic acids is 2. The van der Waals surface area contributed by atoms with E-state index in [1.54, 1.807) is 42.5 Å². The van der Waals surface area contributed by atoms with E-state index in [0.29, 0.717) is 43.9 Å². The minimum atomic E-state index is -0.301. The summed E-state index contributed by atoms with van der Waals surface area (Å²) in [6.07, 6.45) is 1.59. The van der Waals surface area contributed by atoms with Crippen molar-refractivity contribution < 1.29 is 14.0 Å². The van der Waals surface area contributed by atoms with Crippen molar-refractivity contribution in [2.75, 3.05) is 0 Å². The monoisotopic (exact) mass is 497 g/mol. The van der Waals surface area contributed by atoms with Gasteiger partial charge in [-0.1, -0.05) is 77.3 Å². The highest BCUT2D eigenvalue weighted by Crippen LogP contribution is 2.38. The molecule has 3 aromatic carbocycles. The molecule has 0 spiro atoms. The van der Waals surface area contributed by atoms with Gasteiger partial charge in [0, 0.05) is 28.8 Å². The average Bonchev–Trinajstić information content (AvgIpc) is 3.47. The summed E-state index contributed by atoms with van der Waals surface area (Å²) in [5, 5.41) is 0.861. The molecule has 2 heterocycles. The average molecular weight is 498 g/mol. The first-order valence-corrected chi connectivity index (χ1v) is 11.7. The van der Waals surface area contributed by atoms with Crippen molar-refractivity contribution >= 4 is 51.9 Å². The number of aromatic nitrogens is 1. The molecular formula is C29H17Cl2NO3. The van der Waals surface area contributed by atoms with Crippen molar-refractivity contribution in [3.63, 3.8) is 0 Å². The molecule has 1 aliphatic carbocycles. The minimum absolute atomic E-state index is 0.0958. The number of fused-ring (bicyclic) bond motifs is 2. The Hall–Kier alpha value is -3.86. The highest BCUT2D eigenvalue weighted by Gasteiger charge is 2.33. The largest absolute Gasteiger partial charge is 0.454 e. The molecule has 0 N–H and O–H groups in total. The summed E-state index contributed by atoms with van der Waals surface area (Å²) in [5.74, 6) is 0.0838. The number of ketones is 2. The van der Waals surface area contributed by atoms with Gasteiger partial charge in [0.1, 0.15) is 5.76 Å². The van der Waals surface area contributed by atoms with Gasteiger partial charge >= 0.3 is 0 Å². The molecule has 2 aromatic heterocycles. The standard InChI is InChI=1S/C29H17Cl2NO3/c1-16-10-11-19-20(12-16)29(34)21(28(19)33)13-18-14-26-24(15-25(35-26)17-6-3-2-4-7-17)32(18)27-22(30)8-5-9-23(27)31/h2-15H,1H3/b21-13-. The summed E-state index contributed by atoms with van der Waals surface area (Å²) in [5.41, 5.74) is 5.18. The number of para-hydroxylation sites is 1. The van der Waals surface area contributed by atoms with E-state index in [1.807, 2.05) is 54.0 Å². The van der Waals surface area contributed by atoms with E-state index < -0.39 is 0 Å². The van der Waals surface area contributed by atoms with E-state index in [4.69, 9.17) is 27.6 Å². The zero-order chi connectivity index (χ0) is 24.3.